The van der Waals surface area contributed by atoms with E-state index in [1.54, 1.807) is 0 Å². The van der Waals surface area contributed by atoms with Gasteiger partial charge < -0.3 is 5.11 Å². The molecule has 2 nitrogen and oxygen atoms in total. The van der Waals surface area contributed by atoms with Crippen molar-refractivity contribution in [3.05, 3.63) is 32.9 Å². The summed E-state index contributed by atoms with van der Waals surface area (Å²) < 4.78 is 1.15. The topological polar surface area (TPSA) is 37.3 Å². The van der Waals surface area contributed by atoms with Crippen LogP contribution in [0.15, 0.2) is 18.2 Å². The fourth-order valence-electron chi connectivity index (χ4n) is 1.10. The minimum absolute atomic E-state index is 0.207. The molecule has 0 spiro atoms. The molecule has 1 rings (SSSR count). The highest BCUT2D eigenvalue weighted by molar-refractivity contribution is 14.1. The maximum absolute atomic E-state index is 10.3. The van der Waals surface area contributed by atoms with E-state index in [0.717, 1.165) is 9.13 Å². The van der Waals surface area contributed by atoms with Crippen LogP contribution in [-0.4, -0.2) is 11.1 Å². The Morgan fingerprint density at radius 3 is 2.77 bits per heavy atom. The second kappa shape index (κ2) is 4.60. The lowest BCUT2D eigenvalue weighted by atomic mass is 10.1. The molecule has 0 unspecified atom stereocenters. The van der Waals surface area contributed by atoms with Crippen molar-refractivity contribution in [1.82, 2.24) is 0 Å². The molecule has 0 amide bonds. The molecule has 0 bridgehead atoms. The number of rotatable bonds is 3. The summed E-state index contributed by atoms with van der Waals surface area (Å²) in [6.45, 7) is 2.03. The van der Waals surface area contributed by atoms with Crippen LogP contribution in [0.5, 0.6) is 0 Å². The SMILES string of the molecule is Cc1ccc(CCC(=O)O)c(I)c1. The highest BCUT2D eigenvalue weighted by atomic mass is 127. The number of aryl methyl sites for hydroxylation is 2. The van der Waals surface area contributed by atoms with Crippen LogP contribution in [0.1, 0.15) is 17.5 Å². The lowest BCUT2D eigenvalue weighted by Crippen LogP contribution is -1.99. The van der Waals surface area contributed by atoms with Crippen LogP contribution in [0.2, 0.25) is 0 Å². The maximum Gasteiger partial charge on any atom is 0.303 e. The Hall–Kier alpha value is -0.580. The molecule has 1 aromatic carbocycles. The normalized spacial score (nSPS) is 10.0. The first-order valence-electron chi connectivity index (χ1n) is 4.06. The summed E-state index contributed by atoms with van der Waals surface area (Å²) in [5, 5.41) is 8.52. The molecule has 0 aliphatic rings. The molecule has 1 aromatic rings. The van der Waals surface area contributed by atoms with Gasteiger partial charge in [-0.1, -0.05) is 17.7 Å². The van der Waals surface area contributed by atoms with E-state index in [4.69, 9.17) is 5.11 Å². The molecule has 0 heterocycles. The first kappa shape index (κ1) is 10.5. The molecule has 13 heavy (non-hydrogen) atoms. The summed E-state index contributed by atoms with van der Waals surface area (Å²) in [7, 11) is 0. The summed E-state index contributed by atoms with van der Waals surface area (Å²) in [5.41, 5.74) is 2.33. The van der Waals surface area contributed by atoms with Gasteiger partial charge in [0.15, 0.2) is 0 Å². The molecule has 3 heteroatoms. The fraction of sp³-hybridized carbons (Fsp3) is 0.300. The van der Waals surface area contributed by atoms with Gasteiger partial charge in [-0.2, -0.15) is 0 Å². The van der Waals surface area contributed by atoms with Crippen molar-refractivity contribution in [2.24, 2.45) is 0 Å². The van der Waals surface area contributed by atoms with E-state index in [-0.39, 0.29) is 6.42 Å². The molecule has 0 radical (unpaired) electrons. The maximum atomic E-state index is 10.3. The number of halogens is 1. The highest BCUT2D eigenvalue weighted by Crippen LogP contribution is 2.15. The summed E-state index contributed by atoms with van der Waals surface area (Å²) in [6.07, 6.45) is 0.826. The molecule has 0 aromatic heterocycles. The van der Waals surface area contributed by atoms with Gasteiger partial charge in [-0.15, -0.1) is 0 Å². The van der Waals surface area contributed by atoms with Gasteiger partial charge in [-0.05, 0) is 47.6 Å². The van der Waals surface area contributed by atoms with Crippen molar-refractivity contribution >= 4 is 28.6 Å². The van der Waals surface area contributed by atoms with E-state index in [1.165, 1.54) is 5.56 Å². The van der Waals surface area contributed by atoms with E-state index in [1.807, 2.05) is 19.1 Å². The molecule has 0 aliphatic heterocycles. The number of carboxylic acid groups (broad SMARTS) is 1. The predicted molar refractivity (Wildman–Crippen MR) is 59.9 cm³/mol. The van der Waals surface area contributed by atoms with Gasteiger partial charge in [0.05, 0.1) is 0 Å². The van der Waals surface area contributed by atoms with Crippen LogP contribution in [-0.2, 0) is 11.2 Å². The van der Waals surface area contributed by atoms with Gasteiger partial charge >= 0.3 is 5.97 Å². The van der Waals surface area contributed by atoms with Crippen molar-refractivity contribution in [3.8, 4) is 0 Å². The quantitative estimate of drug-likeness (QED) is 0.869. The molecule has 0 saturated heterocycles. The number of benzene rings is 1. The highest BCUT2D eigenvalue weighted by Gasteiger charge is 2.02. The van der Waals surface area contributed by atoms with E-state index >= 15 is 0 Å². The van der Waals surface area contributed by atoms with Crippen LogP contribution in [0.3, 0.4) is 0 Å². The molecule has 0 atom stereocenters. The van der Waals surface area contributed by atoms with E-state index in [2.05, 4.69) is 28.7 Å². The summed E-state index contributed by atoms with van der Waals surface area (Å²) in [5.74, 6) is -0.739. The van der Waals surface area contributed by atoms with E-state index < -0.39 is 5.97 Å². The third kappa shape index (κ3) is 3.34. The van der Waals surface area contributed by atoms with Crippen molar-refractivity contribution in [2.45, 2.75) is 19.8 Å². The van der Waals surface area contributed by atoms with Crippen molar-refractivity contribution in [3.63, 3.8) is 0 Å². The monoisotopic (exact) mass is 290 g/mol. The lowest BCUT2D eigenvalue weighted by molar-refractivity contribution is -0.136. The van der Waals surface area contributed by atoms with Gasteiger partial charge in [0.25, 0.3) is 0 Å². The number of aliphatic carboxylic acids is 1. The number of carboxylic acids is 1. The standard InChI is InChI=1S/C10H11IO2/c1-7-2-3-8(9(11)6-7)4-5-10(12)13/h2-3,6H,4-5H2,1H3,(H,12,13). The minimum atomic E-state index is -0.739. The van der Waals surface area contributed by atoms with Crippen LogP contribution in [0.25, 0.3) is 0 Å². The number of hydrogen-bond donors (Lipinski definition) is 1. The number of carbonyl (C=O) groups is 1. The Kier molecular flexibility index (Phi) is 3.71. The van der Waals surface area contributed by atoms with Crippen LogP contribution in [0.4, 0.5) is 0 Å². The first-order valence-corrected chi connectivity index (χ1v) is 5.14. The second-order valence-electron chi connectivity index (χ2n) is 2.99. The van der Waals surface area contributed by atoms with E-state index in [9.17, 15) is 4.79 Å². The smallest absolute Gasteiger partial charge is 0.303 e. The minimum Gasteiger partial charge on any atom is -0.481 e. The zero-order chi connectivity index (χ0) is 9.84. The van der Waals surface area contributed by atoms with Crippen molar-refractivity contribution < 1.29 is 9.90 Å². The van der Waals surface area contributed by atoms with Crippen molar-refractivity contribution in [1.29, 1.82) is 0 Å². The van der Waals surface area contributed by atoms with Crippen molar-refractivity contribution in [2.75, 3.05) is 0 Å². The average Bonchev–Trinajstić information content (AvgIpc) is 2.02. The lowest BCUT2D eigenvalue weighted by Gasteiger charge is -2.03. The number of hydrogen-bond acceptors (Lipinski definition) is 1. The zero-order valence-corrected chi connectivity index (χ0v) is 9.54. The summed E-state index contributed by atoms with van der Waals surface area (Å²) >= 11 is 2.24. The average molecular weight is 290 g/mol. The van der Waals surface area contributed by atoms with Gasteiger partial charge in [-0.3, -0.25) is 4.79 Å². The second-order valence-corrected chi connectivity index (χ2v) is 4.15. The Morgan fingerprint density at radius 2 is 2.23 bits per heavy atom. The molecule has 70 valence electrons. The van der Waals surface area contributed by atoms with Crippen LogP contribution < -0.4 is 0 Å². The molecule has 0 fully saturated rings. The molecular weight excluding hydrogens is 279 g/mol. The Balaban J connectivity index is 2.72. The van der Waals surface area contributed by atoms with Crippen LogP contribution in [0, 0.1) is 10.5 Å². The Bertz CT molecular complexity index is 321. The third-order valence-corrected chi connectivity index (χ3v) is 2.82. The molecular formula is C10H11IO2. The molecule has 0 aliphatic carbocycles. The molecule has 1 N–H and O–H groups in total. The summed E-state index contributed by atoms with van der Waals surface area (Å²) in [6, 6.07) is 6.08. The predicted octanol–water partition coefficient (Wildman–Crippen LogP) is 2.62. The van der Waals surface area contributed by atoms with Crippen LogP contribution >= 0.6 is 22.6 Å². The van der Waals surface area contributed by atoms with E-state index in [0.29, 0.717) is 6.42 Å². The van der Waals surface area contributed by atoms with Gasteiger partial charge in [0.2, 0.25) is 0 Å². The zero-order valence-electron chi connectivity index (χ0n) is 7.38. The Labute approximate surface area is 91.1 Å². The van der Waals surface area contributed by atoms with Gasteiger partial charge in [0, 0.05) is 9.99 Å². The summed E-state index contributed by atoms with van der Waals surface area (Å²) in [4.78, 5) is 10.3. The largest absolute Gasteiger partial charge is 0.481 e. The Morgan fingerprint density at radius 1 is 1.54 bits per heavy atom. The third-order valence-electron chi connectivity index (χ3n) is 1.82. The molecule has 0 saturated carbocycles. The first-order chi connectivity index (χ1) is 6.09. The fourth-order valence-corrected chi connectivity index (χ4v) is 2.04. The van der Waals surface area contributed by atoms with Gasteiger partial charge in [-0.25, -0.2) is 0 Å². The van der Waals surface area contributed by atoms with Gasteiger partial charge in [0.1, 0.15) is 0 Å².